The Morgan fingerprint density at radius 2 is 1.59 bits per heavy atom. The molecule has 0 aliphatic rings. The summed E-state index contributed by atoms with van der Waals surface area (Å²) >= 11 is 0. The van der Waals surface area contributed by atoms with Crippen molar-refractivity contribution in [2.75, 3.05) is 19.7 Å². The van der Waals surface area contributed by atoms with Crippen LogP contribution in [0.2, 0.25) is 0 Å². The number of methoxy groups -OCH3 is 2. The van der Waals surface area contributed by atoms with E-state index in [0.29, 0.717) is 28.0 Å². The van der Waals surface area contributed by atoms with Crippen LogP contribution < -0.4 is 15.0 Å². The molecule has 0 bridgehead atoms. The van der Waals surface area contributed by atoms with Gasteiger partial charge in [0.1, 0.15) is 17.2 Å². The predicted octanol–water partition coefficient (Wildman–Crippen LogP) is 3.15. The molecule has 2 aromatic carbocycles. The summed E-state index contributed by atoms with van der Waals surface area (Å²) in [6, 6.07) is 6.41. The molecule has 0 saturated heterocycles. The Kier molecular flexibility index (Phi) is 6.09. The van der Waals surface area contributed by atoms with Gasteiger partial charge in [0.05, 0.1) is 30.7 Å². The van der Waals surface area contributed by atoms with Crippen LogP contribution in [0.5, 0.6) is 11.5 Å². The molecule has 0 fully saturated rings. The Bertz CT molecular complexity index is 672. The molecule has 0 aliphatic heterocycles. The van der Waals surface area contributed by atoms with Crippen molar-refractivity contribution in [3.8, 4) is 11.5 Å². The molecule has 0 heterocycles. The molecule has 0 radical (unpaired) electrons. The minimum Gasteiger partial charge on any atom is -0.496 e. The van der Waals surface area contributed by atoms with Crippen molar-refractivity contribution in [1.82, 2.24) is 0 Å². The molecule has 118 valence electrons. The van der Waals surface area contributed by atoms with Gasteiger partial charge in [-0.1, -0.05) is 0 Å². The van der Waals surface area contributed by atoms with Gasteiger partial charge in [-0.15, -0.1) is 4.91 Å². The highest BCUT2D eigenvalue weighted by molar-refractivity contribution is 6.07. The van der Waals surface area contributed by atoms with Crippen LogP contribution in [0.3, 0.4) is 0 Å². The highest BCUT2D eigenvalue weighted by Crippen LogP contribution is 2.43. The number of ether oxygens (including phenoxy) is 2. The van der Waals surface area contributed by atoms with E-state index in [1.165, 1.54) is 20.3 Å². The molecule has 0 saturated carbocycles. The average molecular weight is 308 g/mol. The van der Waals surface area contributed by atoms with E-state index >= 15 is 0 Å². The number of hydrogen-bond donors (Lipinski definition) is 3. The van der Waals surface area contributed by atoms with Crippen LogP contribution in [0.15, 0.2) is 29.4 Å². The van der Waals surface area contributed by atoms with Gasteiger partial charge < -0.3 is 14.6 Å². The van der Waals surface area contributed by atoms with Crippen molar-refractivity contribution in [2.24, 2.45) is 5.18 Å². The zero-order chi connectivity index (χ0) is 16.7. The van der Waals surface area contributed by atoms with Gasteiger partial charge in [0.25, 0.3) is 5.97 Å². The Morgan fingerprint density at radius 1 is 1.09 bits per heavy atom. The maximum atomic E-state index is 10.9. The van der Waals surface area contributed by atoms with Crippen molar-refractivity contribution in [3.63, 3.8) is 0 Å². The Balaban J connectivity index is 0.000000541. The molecule has 2 aromatic rings. The molecule has 8 nitrogen and oxygen atoms in total. The van der Waals surface area contributed by atoms with Crippen molar-refractivity contribution >= 4 is 28.1 Å². The van der Waals surface area contributed by atoms with Crippen molar-refractivity contribution in [2.45, 2.75) is 6.92 Å². The molecule has 22 heavy (non-hydrogen) atoms. The number of rotatable bonds is 4. The Hall–Kier alpha value is -2.87. The third-order valence-corrected chi connectivity index (χ3v) is 2.72. The Labute approximate surface area is 126 Å². The fourth-order valence-corrected chi connectivity index (χ4v) is 1.92. The van der Waals surface area contributed by atoms with Gasteiger partial charge in [-0.25, -0.2) is 0 Å². The number of carboxylic acid groups (broad SMARTS) is 1. The molecule has 0 spiro atoms. The zero-order valence-corrected chi connectivity index (χ0v) is 12.3. The van der Waals surface area contributed by atoms with Crippen LogP contribution >= 0.6 is 0 Å². The predicted molar refractivity (Wildman–Crippen MR) is 81.2 cm³/mol. The minimum atomic E-state index is -0.833. The first-order chi connectivity index (χ1) is 10.5. The molecular formula is C14H16N2O6. The first-order valence-electron chi connectivity index (χ1n) is 6.10. The second-order valence-corrected chi connectivity index (χ2v) is 4.07. The molecule has 8 heteroatoms. The number of fused-ring (bicyclic) bond motifs is 1. The van der Waals surface area contributed by atoms with Crippen LogP contribution in [0.25, 0.3) is 10.8 Å². The normalized spacial score (nSPS) is 9.45. The lowest BCUT2D eigenvalue weighted by atomic mass is 10.0. The molecule has 3 N–H and O–H groups in total. The van der Waals surface area contributed by atoms with Crippen LogP contribution in [0, 0.1) is 4.91 Å². The van der Waals surface area contributed by atoms with Crippen LogP contribution in [-0.2, 0) is 4.79 Å². The van der Waals surface area contributed by atoms with Gasteiger partial charge >= 0.3 is 0 Å². The summed E-state index contributed by atoms with van der Waals surface area (Å²) in [5.74, 6) is 0.158. The molecule has 0 aliphatic carbocycles. The summed E-state index contributed by atoms with van der Waals surface area (Å²) in [6.45, 7) is 1.08. The van der Waals surface area contributed by atoms with E-state index < -0.39 is 5.97 Å². The topological polar surface area (TPSA) is 117 Å². The number of aliphatic carboxylic acids is 1. The number of nitrogens with zero attached hydrogens (tertiary/aromatic N) is 1. The number of hydrogen-bond acceptors (Lipinski definition) is 7. The third-order valence-electron chi connectivity index (χ3n) is 2.72. The van der Waals surface area contributed by atoms with Gasteiger partial charge in [0.15, 0.2) is 0 Å². The molecule has 2 rings (SSSR count). The summed E-state index contributed by atoms with van der Waals surface area (Å²) in [7, 11) is 3.00. The van der Waals surface area contributed by atoms with Crippen molar-refractivity contribution in [3.05, 3.63) is 29.2 Å². The monoisotopic (exact) mass is 308 g/mol. The number of nitroso groups, excluding NO2 is 1. The maximum Gasteiger partial charge on any atom is 0.300 e. The van der Waals surface area contributed by atoms with Crippen LogP contribution in [0.1, 0.15) is 6.92 Å². The highest BCUT2D eigenvalue weighted by Gasteiger charge is 2.15. The Morgan fingerprint density at radius 3 is 2.00 bits per heavy atom. The van der Waals surface area contributed by atoms with Crippen molar-refractivity contribution in [1.29, 1.82) is 0 Å². The highest BCUT2D eigenvalue weighted by atomic mass is 16.5. The van der Waals surface area contributed by atoms with Gasteiger partial charge in [0.2, 0.25) is 0 Å². The number of carboxylic acids is 1. The van der Waals surface area contributed by atoms with Gasteiger partial charge in [-0.2, -0.15) is 0 Å². The van der Waals surface area contributed by atoms with Gasteiger partial charge in [0, 0.05) is 6.92 Å². The molecule has 0 unspecified atom stereocenters. The fourth-order valence-electron chi connectivity index (χ4n) is 1.92. The third kappa shape index (κ3) is 3.61. The average Bonchev–Trinajstić information content (AvgIpc) is 2.52. The second kappa shape index (κ2) is 7.79. The van der Waals surface area contributed by atoms with Crippen LogP contribution in [-0.4, -0.2) is 30.5 Å². The first-order valence-corrected chi connectivity index (χ1v) is 6.10. The maximum absolute atomic E-state index is 10.9. The molecule has 0 amide bonds. The van der Waals surface area contributed by atoms with Gasteiger partial charge in [-0.3, -0.25) is 15.5 Å². The van der Waals surface area contributed by atoms with E-state index in [-0.39, 0.29) is 5.69 Å². The zero-order valence-electron chi connectivity index (χ0n) is 12.3. The van der Waals surface area contributed by atoms with E-state index in [1.807, 2.05) is 0 Å². The number of anilines is 1. The fraction of sp³-hybridized carbons (Fsp3) is 0.214. The van der Waals surface area contributed by atoms with E-state index in [2.05, 4.69) is 10.7 Å². The largest absolute Gasteiger partial charge is 0.496 e. The summed E-state index contributed by atoms with van der Waals surface area (Å²) in [6.07, 6.45) is 0. The lowest BCUT2D eigenvalue weighted by Gasteiger charge is -2.13. The van der Waals surface area contributed by atoms with E-state index in [4.69, 9.17) is 24.6 Å². The minimum absolute atomic E-state index is 0.222. The number of benzene rings is 2. The van der Waals surface area contributed by atoms with E-state index in [1.54, 1.807) is 18.2 Å². The summed E-state index contributed by atoms with van der Waals surface area (Å²) in [4.78, 5) is 19.9. The number of nitrogens with one attached hydrogen (secondary N) is 1. The quantitative estimate of drug-likeness (QED) is 0.586. The first kappa shape index (κ1) is 17.2. The van der Waals surface area contributed by atoms with E-state index in [9.17, 15) is 4.91 Å². The summed E-state index contributed by atoms with van der Waals surface area (Å²) in [5, 5.41) is 20.5. The summed E-state index contributed by atoms with van der Waals surface area (Å²) in [5.41, 5.74) is 2.70. The lowest BCUT2D eigenvalue weighted by molar-refractivity contribution is -0.134. The van der Waals surface area contributed by atoms with Crippen LogP contribution in [0.4, 0.5) is 11.4 Å². The van der Waals surface area contributed by atoms with E-state index in [0.717, 1.165) is 6.92 Å². The smallest absolute Gasteiger partial charge is 0.300 e. The summed E-state index contributed by atoms with van der Waals surface area (Å²) < 4.78 is 10.4. The van der Waals surface area contributed by atoms with Gasteiger partial charge in [-0.05, 0) is 29.4 Å². The van der Waals surface area contributed by atoms with Crippen molar-refractivity contribution < 1.29 is 24.6 Å². The SMILES string of the molecule is CC(=O)O.COc1ccc(OC)c2c(NO)ccc(N=O)c12. The lowest BCUT2D eigenvalue weighted by Crippen LogP contribution is -1.95. The molecule has 0 atom stereocenters. The second-order valence-electron chi connectivity index (χ2n) is 4.07. The standard InChI is InChI=1S/C12H12N2O4.C2H4O2/c1-17-9-5-6-10(18-2)12-8(14-16)4-3-7(13-15)11(9)12;1-2(3)4/h3-6,13,15H,1-2H3;1H3,(H,3,4). The molecule has 0 aromatic heterocycles. The molecular weight excluding hydrogens is 292 g/mol. The number of carbonyl (C=O) groups is 1.